The van der Waals surface area contributed by atoms with Gasteiger partial charge in [-0.3, -0.25) is 4.90 Å². The smallest absolute Gasteiger partial charge is 0.127 e. The lowest BCUT2D eigenvalue weighted by Crippen LogP contribution is -2.43. The number of aliphatic hydroxyl groups is 1. The van der Waals surface area contributed by atoms with Gasteiger partial charge in [0.05, 0.1) is 5.60 Å². The minimum atomic E-state index is -0.591. The van der Waals surface area contributed by atoms with Crippen LogP contribution in [0, 0.1) is 5.82 Å². The molecule has 1 fully saturated rings. The van der Waals surface area contributed by atoms with Gasteiger partial charge in [0.15, 0.2) is 0 Å². The molecule has 0 spiro atoms. The summed E-state index contributed by atoms with van der Waals surface area (Å²) in [6.07, 6.45) is 5.13. The van der Waals surface area contributed by atoms with Gasteiger partial charge < -0.3 is 5.11 Å². The molecule has 0 saturated heterocycles. The molecule has 0 aliphatic heterocycles. The topological polar surface area (TPSA) is 23.5 Å². The van der Waals surface area contributed by atoms with Gasteiger partial charge in [-0.15, -0.1) is 0 Å². The molecular weight excluding hydrogens is 241 g/mol. The van der Waals surface area contributed by atoms with Crippen LogP contribution in [0.2, 0.25) is 0 Å². The summed E-state index contributed by atoms with van der Waals surface area (Å²) < 4.78 is 13.8. The van der Waals surface area contributed by atoms with Crippen LogP contribution in [0.15, 0.2) is 24.3 Å². The third-order valence-corrected chi connectivity index (χ3v) is 4.34. The summed E-state index contributed by atoms with van der Waals surface area (Å²) in [4.78, 5) is 2.06. The molecule has 2 nitrogen and oxygen atoms in total. The van der Waals surface area contributed by atoms with Crippen molar-refractivity contribution in [3.63, 3.8) is 0 Å². The molecule has 1 saturated carbocycles. The maximum atomic E-state index is 13.8. The first kappa shape index (κ1) is 14.5. The predicted octanol–water partition coefficient (Wildman–Crippen LogP) is 3.51. The van der Waals surface area contributed by atoms with Crippen molar-refractivity contribution in [2.45, 2.75) is 50.7 Å². The fourth-order valence-corrected chi connectivity index (χ4v) is 3.02. The van der Waals surface area contributed by atoms with E-state index in [1.54, 1.807) is 6.07 Å². The molecule has 2 rings (SSSR count). The van der Waals surface area contributed by atoms with Crippen molar-refractivity contribution in [2.24, 2.45) is 0 Å². The van der Waals surface area contributed by atoms with Crippen molar-refractivity contribution in [1.82, 2.24) is 4.90 Å². The van der Waals surface area contributed by atoms with E-state index in [9.17, 15) is 9.50 Å². The summed E-state index contributed by atoms with van der Waals surface area (Å²) in [6.45, 7) is 2.60. The van der Waals surface area contributed by atoms with Gasteiger partial charge in [-0.1, -0.05) is 37.5 Å². The maximum Gasteiger partial charge on any atom is 0.127 e. The number of rotatable bonds is 4. The van der Waals surface area contributed by atoms with Crippen LogP contribution in [0.25, 0.3) is 0 Å². The molecular formula is C16H24FNO. The Labute approximate surface area is 115 Å². The number of nitrogens with zero attached hydrogens (tertiary/aromatic N) is 1. The number of benzene rings is 1. The molecule has 3 heteroatoms. The summed E-state index contributed by atoms with van der Waals surface area (Å²) in [6, 6.07) is 6.86. The summed E-state index contributed by atoms with van der Waals surface area (Å²) in [7, 11) is 1.96. The van der Waals surface area contributed by atoms with Crippen molar-refractivity contribution >= 4 is 0 Å². The van der Waals surface area contributed by atoms with Gasteiger partial charge in [-0.05, 0) is 32.9 Å². The van der Waals surface area contributed by atoms with Crippen LogP contribution >= 0.6 is 0 Å². The van der Waals surface area contributed by atoms with Crippen LogP contribution in [-0.4, -0.2) is 29.2 Å². The Balaban J connectivity index is 2.03. The first-order valence-electron chi connectivity index (χ1n) is 7.19. The molecule has 106 valence electrons. The Kier molecular flexibility index (Phi) is 4.58. The second-order valence-electron chi connectivity index (χ2n) is 5.90. The highest BCUT2D eigenvalue weighted by Gasteiger charge is 2.32. The van der Waals surface area contributed by atoms with E-state index in [1.165, 1.54) is 12.5 Å². The second kappa shape index (κ2) is 6.02. The maximum absolute atomic E-state index is 13.8. The molecule has 1 aromatic rings. The van der Waals surface area contributed by atoms with Crippen LogP contribution in [0.4, 0.5) is 4.39 Å². The summed E-state index contributed by atoms with van der Waals surface area (Å²) in [5.41, 5.74) is 0.108. The molecule has 1 N–H and O–H groups in total. The lowest BCUT2D eigenvalue weighted by Gasteiger charge is -2.38. The van der Waals surface area contributed by atoms with Gasteiger partial charge in [0.25, 0.3) is 0 Å². The molecule has 0 bridgehead atoms. The zero-order valence-electron chi connectivity index (χ0n) is 11.9. The Morgan fingerprint density at radius 3 is 2.53 bits per heavy atom. The molecule has 1 aliphatic rings. The second-order valence-corrected chi connectivity index (χ2v) is 5.90. The lowest BCUT2D eigenvalue weighted by atomic mass is 9.84. The quantitative estimate of drug-likeness (QED) is 0.900. The van der Waals surface area contributed by atoms with Crippen molar-refractivity contribution in [3.8, 4) is 0 Å². The summed E-state index contributed by atoms with van der Waals surface area (Å²) >= 11 is 0. The van der Waals surface area contributed by atoms with Crippen molar-refractivity contribution < 1.29 is 9.50 Å². The van der Waals surface area contributed by atoms with E-state index in [0.717, 1.165) is 25.7 Å². The van der Waals surface area contributed by atoms with Crippen LogP contribution in [0.3, 0.4) is 0 Å². The molecule has 1 atom stereocenters. The summed E-state index contributed by atoms with van der Waals surface area (Å²) in [5, 5.41) is 10.6. The van der Waals surface area contributed by atoms with Gasteiger partial charge in [0.2, 0.25) is 0 Å². The number of halogens is 1. The minimum Gasteiger partial charge on any atom is -0.389 e. The lowest BCUT2D eigenvalue weighted by molar-refractivity contribution is -0.0283. The molecule has 0 amide bonds. The highest BCUT2D eigenvalue weighted by Crippen LogP contribution is 2.31. The number of likely N-dealkylation sites (N-methyl/N-ethyl adjacent to an activating group) is 1. The monoisotopic (exact) mass is 265 g/mol. The van der Waals surface area contributed by atoms with Gasteiger partial charge in [-0.25, -0.2) is 4.39 Å². The molecule has 1 aromatic carbocycles. The fourth-order valence-electron chi connectivity index (χ4n) is 3.02. The summed E-state index contributed by atoms with van der Waals surface area (Å²) in [5.74, 6) is -0.169. The Bertz CT molecular complexity index is 415. The normalized spacial score (nSPS) is 20.5. The zero-order chi connectivity index (χ0) is 13.9. The van der Waals surface area contributed by atoms with E-state index < -0.39 is 5.60 Å². The van der Waals surface area contributed by atoms with Crippen molar-refractivity contribution in [1.29, 1.82) is 0 Å². The van der Waals surface area contributed by atoms with Crippen molar-refractivity contribution in [2.75, 3.05) is 13.6 Å². The van der Waals surface area contributed by atoms with Crippen LogP contribution < -0.4 is 0 Å². The highest BCUT2D eigenvalue weighted by molar-refractivity contribution is 5.20. The minimum absolute atomic E-state index is 0.0212. The van der Waals surface area contributed by atoms with E-state index in [4.69, 9.17) is 0 Å². The van der Waals surface area contributed by atoms with Crippen LogP contribution in [0.1, 0.15) is 50.6 Å². The molecule has 19 heavy (non-hydrogen) atoms. The average molecular weight is 265 g/mol. The fraction of sp³-hybridized carbons (Fsp3) is 0.625. The Morgan fingerprint density at radius 2 is 1.89 bits per heavy atom. The molecule has 0 radical (unpaired) electrons. The number of hydrogen-bond acceptors (Lipinski definition) is 2. The third-order valence-electron chi connectivity index (χ3n) is 4.34. The first-order valence-corrected chi connectivity index (χ1v) is 7.19. The molecule has 1 unspecified atom stereocenters. The average Bonchev–Trinajstić information content (AvgIpc) is 2.39. The highest BCUT2D eigenvalue weighted by atomic mass is 19.1. The van der Waals surface area contributed by atoms with Gasteiger partial charge in [0, 0.05) is 18.2 Å². The molecule has 0 heterocycles. The van der Waals surface area contributed by atoms with Crippen molar-refractivity contribution in [3.05, 3.63) is 35.6 Å². The SMILES string of the molecule is CC(c1ccccc1F)N(C)CC1(O)CCCCC1. The third kappa shape index (κ3) is 3.54. The standard InChI is InChI=1S/C16H24FNO/c1-13(14-8-4-5-9-15(14)17)18(2)12-16(19)10-6-3-7-11-16/h4-5,8-9,13,19H,3,6-7,10-12H2,1-2H3. The van der Waals surface area contributed by atoms with E-state index in [2.05, 4.69) is 4.90 Å². The van der Waals surface area contributed by atoms with Gasteiger partial charge in [-0.2, -0.15) is 0 Å². The van der Waals surface area contributed by atoms with E-state index in [0.29, 0.717) is 12.1 Å². The largest absolute Gasteiger partial charge is 0.389 e. The van der Waals surface area contributed by atoms with Crippen LogP contribution in [-0.2, 0) is 0 Å². The van der Waals surface area contributed by atoms with Gasteiger partial charge in [0.1, 0.15) is 5.82 Å². The van der Waals surface area contributed by atoms with Crippen LogP contribution in [0.5, 0.6) is 0 Å². The van der Waals surface area contributed by atoms with E-state index in [-0.39, 0.29) is 11.9 Å². The predicted molar refractivity (Wildman–Crippen MR) is 75.5 cm³/mol. The molecule has 1 aliphatic carbocycles. The Morgan fingerprint density at radius 1 is 1.26 bits per heavy atom. The van der Waals surface area contributed by atoms with E-state index >= 15 is 0 Å². The van der Waals surface area contributed by atoms with Gasteiger partial charge >= 0.3 is 0 Å². The Hall–Kier alpha value is -0.930. The molecule has 0 aromatic heterocycles. The van der Waals surface area contributed by atoms with E-state index in [1.807, 2.05) is 26.1 Å². The first-order chi connectivity index (χ1) is 9.02. The number of hydrogen-bond donors (Lipinski definition) is 1. The zero-order valence-corrected chi connectivity index (χ0v) is 11.9.